The molecule has 47 heavy (non-hydrogen) atoms. The number of amides is 1. The fourth-order valence-corrected chi connectivity index (χ4v) is 5.29. The van der Waals surface area contributed by atoms with E-state index in [-0.39, 0.29) is 25.1 Å². The van der Waals surface area contributed by atoms with Crippen molar-refractivity contribution in [3.05, 3.63) is 72.1 Å². The number of piperidine rings is 1. The Morgan fingerprint density at radius 2 is 1.72 bits per heavy atom. The number of rotatable bonds is 11. The van der Waals surface area contributed by atoms with Gasteiger partial charge >= 0.3 is 18.1 Å². The molecule has 4 heterocycles. The number of nitrogens with one attached hydrogen (secondary N) is 2. The summed E-state index contributed by atoms with van der Waals surface area (Å²) in [7, 11) is 3.01. The summed E-state index contributed by atoms with van der Waals surface area (Å²) in [6.45, 7) is 6.62. The molecule has 1 fully saturated rings. The molecule has 0 aliphatic carbocycles. The number of benzene rings is 1. The standard InChI is InChI=1S/C34H41N7O6/c1-34(2,3)47-31(42)26(38-33(43)46-21-22-10-7-6-8-11-22)20-36-29-27(44-4)30(40-32(39-29)45-5)41-18-15-23(16-19-41)25-14-13-24-12-9-17-35-28(24)37-25/h6-14,17,23,26H,15-16,18-21H2,1-5H3,(H,38,43)(H,36,39,40). The minimum Gasteiger partial charge on any atom is -0.490 e. The summed E-state index contributed by atoms with van der Waals surface area (Å²) in [4.78, 5) is 46.3. The van der Waals surface area contributed by atoms with E-state index in [9.17, 15) is 9.59 Å². The number of alkyl carbamates (subject to hydrolysis) is 1. The lowest BCUT2D eigenvalue weighted by Gasteiger charge is -2.33. The van der Waals surface area contributed by atoms with Crippen LogP contribution in [0.2, 0.25) is 0 Å². The zero-order valence-electron chi connectivity index (χ0n) is 27.4. The van der Waals surface area contributed by atoms with Gasteiger partial charge in [0.05, 0.1) is 14.2 Å². The lowest BCUT2D eigenvalue weighted by atomic mass is 9.93. The Hall–Kier alpha value is -5.20. The number of hydrogen-bond donors (Lipinski definition) is 2. The van der Waals surface area contributed by atoms with Crippen LogP contribution in [0.3, 0.4) is 0 Å². The Morgan fingerprint density at radius 3 is 2.43 bits per heavy atom. The number of ether oxygens (including phenoxy) is 4. The summed E-state index contributed by atoms with van der Waals surface area (Å²) in [6.07, 6.45) is 2.68. The zero-order valence-corrected chi connectivity index (χ0v) is 27.4. The van der Waals surface area contributed by atoms with Crippen LogP contribution in [0.4, 0.5) is 16.4 Å². The second kappa shape index (κ2) is 14.9. The van der Waals surface area contributed by atoms with Gasteiger partial charge in [-0.05, 0) is 63.4 Å². The fourth-order valence-electron chi connectivity index (χ4n) is 5.29. The van der Waals surface area contributed by atoms with Crippen LogP contribution in [0.15, 0.2) is 60.8 Å². The maximum atomic E-state index is 13.2. The highest BCUT2D eigenvalue weighted by Crippen LogP contribution is 2.38. The molecule has 5 rings (SSSR count). The SMILES string of the molecule is COc1nc(NCC(NC(=O)OCc2ccccc2)C(=O)OC(C)(C)C)c(OC)c(N2CCC(c3ccc4cccnc4n3)CC2)n1. The third-order valence-corrected chi connectivity index (χ3v) is 7.58. The van der Waals surface area contributed by atoms with Crippen molar-refractivity contribution in [1.82, 2.24) is 25.3 Å². The molecule has 2 N–H and O–H groups in total. The highest BCUT2D eigenvalue weighted by Gasteiger charge is 2.30. The van der Waals surface area contributed by atoms with Gasteiger partial charge < -0.3 is 34.5 Å². The number of methoxy groups -OCH3 is 2. The summed E-state index contributed by atoms with van der Waals surface area (Å²) in [5.41, 5.74) is 1.80. The van der Waals surface area contributed by atoms with Crippen molar-refractivity contribution in [1.29, 1.82) is 0 Å². The normalized spacial score (nSPS) is 14.3. The molecular formula is C34H41N7O6. The Kier molecular flexibility index (Phi) is 10.5. The third-order valence-electron chi connectivity index (χ3n) is 7.58. The molecule has 1 amide bonds. The molecule has 0 spiro atoms. The van der Waals surface area contributed by atoms with Crippen molar-refractivity contribution in [2.75, 3.05) is 44.1 Å². The Labute approximate surface area is 274 Å². The molecule has 13 nitrogen and oxygen atoms in total. The van der Waals surface area contributed by atoms with E-state index in [1.165, 1.54) is 14.2 Å². The quantitative estimate of drug-likeness (QED) is 0.215. The van der Waals surface area contributed by atoms with E-state index < -0.39 is 23.7 Å². The number of aromatic nitrogens is 4. The van der Waals surface area contributed by atoms with Crippen molar-refractivity contribution in [2.45, 2.75) is 57.8 Å². The first-order valence-corrected chi connectivity index (χ1v) is 15.5. The van der Waals surface area contributed by atoms with Gasteiger partial charge in [0, 0.05) is 42.8 Å². The molecule has 4 aromatic rings. The van der Waals surface area contributed by atoms with Gasteiger partial charge in [-0.25, -0.2) is 19.6 Å². The minimum atomic E-state index is -1.11. The summed E-state index contributed by atoms with van der Waals surface area (Å²) >= 11 is 0. The number of carbonyl (C=O) groups is 2. The van der Waals surface area contributed by atoms with Crippen LogP contribution in [-0.4, -0.2) is 77.5 Å². The molecular weight excluding hydrogens is 602 g/mol. The summed E-state index contributed by atoms with van der Waals surface area (Å²) in [5.74, 6) is 0.866. The van der Waals surface area contributed by atoms with E-state index in [0.29, 0.717) is 30.5 Å². The molecule has 1 aromatic carbocycles. The van der Waals surface area contributed by atoms with Crippen LogP contribution in [0.25, 0.3) is 11.0 Å². The molecule has 248 valence electrons. The van der Waals surface area contributed by atoms with E-state index in [1.807, 2.05) is 42.5 Å². The number of hydrogen-bond acceptors (Lipinski definition) is 12. The van der Waals surface area contributed by atoms with Crippen molar-refractivity contribution < 1.29 is 28.5 Å². The van der Waals surface area contributed by atoms with Crippen molar-refractivity contribution in [3.63, 3.8) is 0 Å². The number of anilines is 2. The Bertz CT molecular complexity index is 1670. The van der Waals surface area contributed by atoms with Crippen LogP contribution in [-0.2, 0) is 20.9 Å². The van der Waals surface area contributed by atoms with Crippen LogP contribution >= 0.6 is 0 Å². The Morgan fingerprint density at radius 1 is 0.957 bits per heavy atom. The minimum absolute atomic E-state index is 0.0476. The first-order valence-electron chi connectivity index (χ1n) is 15.5. The van der Waals surface area contributed by atoms with Gasteiger partial charge in [0.15, 0.2) is 17.3 Å². The van der Waals surface area contributed by atoms with Crippen LogP contribution in [0.5, 0.6) is 11.8 Å². The van der Waals surface area contributed by atoms with E-state index in [4.69, 9.17) is 23.9 Å². The predicted molar refractivity (Wildman–Crippen MR) is 177 cm³/mol. The number of esters is 1. The van der Waals surface area contributed by atoms with Crippen molar-refractivity contribution in [2.24, 2.45) is 0 Å². The second-order valence-corrected chi connectivity index (χ2v) is 12.1. The van der Waals surface area contributed by atoms with Gasteiger partial charge in [0.25, 0.3) is 0 Å². The molecule has 1 aliphatic rings. The molecule has 0 radical (unpaired) electrons. The number of carbonyl (C=O) groups excluding carboxylic acids is 2. The van der Waals surface area contributed by atoms with E-state index in [0.717, 1.165) is 35.1 Å². The lowest BCUT2D eigenvalue weighted by Crippen LogP contribution is -2.48. The van der Waals surface area contributed by atoms with Gasteiger partial charge in [0.1, 0.15) is 18.2 Å². The van der Waals surface area contributed by atoms with Crippen molar-refractivity contribution >= 4 is 34.7 Å². The lowest BCUT2D eigenvalue weighted by molar-refractivity contribution is -0.156. The van der Waals surface area contributed by atoms with E-state index in [2.05, 4.69) is 42.6 Å². The highest BCUT2D eigenvalue weighted by atomic mass is 16.6. The molecule has 1 unspecified atom stereocenters. The molecule has 1 saturated heterocycles. The van der Waals surface area contributed by atoms with Crippen molar-refractivity contribution in [3.8, 4) is 11.8 Å². The summed E-state index contributed by atoms with van der Waals surface area (Å²) in [5, 5.41) is 6.78. The van der Waals surface area contributed by atoms with Gasteiger partial charge in [-0.2, -0.15) is 9.97 Å². The summed E-state index contributed by atoms with van der Waals surface area (Å²) < 4.78 is 22.2. The van der Waals surface area contributed by atoms with E-state index >= 15 is 0 Å². The highest BCUT2D eigenvalue weighted by molar-refractivity contribution is 5.82. The maximum absolute atomic E-state index is 13.2. The first kappa shape index (κ1) is 33.2. The number of pyridine rings is 2. The topological polar surface area (TPSA) is 150 Å². The number of nitrogens with zero attached hydrogens (tertiary/aromatic N) is 5. The summed E-state index contributed by atoms with van der Waals surface area (Å²) in [6, 6.07) is 16.3. The zero-order chi connectivity index (χ0) is 33.4. The predicted octanol–water partition coefficient (Wildman–Crippen LogP) is 4.87. The van der Waals surface area contributed by atoms with Crippen LogP contribution in [0, 0.1) is 0 Å². The molecule has 0 bridgehead atoms. The Balaban J connectivity index is 1.30. The molecule has 3 aromatic heterocycles. The largest absolute Gasteiger partial charge is 0.490 e. The van der Waals surface area contributed by atoms with E-state index in [1.54, 1.807) is 27.0 Å². The van der Waals surface area contributed by atoms with Gasteiger partial charge in [-0.1, -0.05) is 30.3 Å². The van der Waals surface area contributed by atoms with Crippen LogP contribution in [0.1, 0.15) is 50.8 Å². The second-order valence-electron chi connectivity index (χ2n) is 12.1. The third kappa shape index (κ3) is 8.75. The fraction of sp³-hybridized carbons (Fsp3) is 0.412. The first-order chi connectivity index (χ1) is 22.6. The number of fused-ring (bicyclic) bond motifs is 1. The molecule has 1 atom stereocenters. The van der Waals surface area contributed by atoms with Crippen LogP contribution < -0.4 is 25.0 Å². The van der Waals surface area contributed by atoms with Gasteiger partial charge in [0.2, 0.25) is 5.75 Å². The average molecular weight is 644 g/mol. The smallest absolute Gasteiger partial charge is 0.408 e. The van der Waals surface area contributed by atoms with Gasteiger partial charge in [-0.3, -0.25) is 0 Å². The van der Waals surface area contributed by atoms with Gasteiger partial charge in [-0.15, -0.1) is 0 Å². The maximum Gasteiger partial charge on any atom is 0.408 e. The average Bonchev–Trinajstić information content (AvgIpc) is 3.08. The molecule has 0 saturated carbocycles. The monoisotopic (exact) mass is 643 g/mol. The molecule has 13 heteroatoms. The molecule has 1 aliphatic heterocycles.